The lowest BCUT2D eigenvalue weighted by Gasteiger charge is -2.14. The molecule has 2 aromatic rings. The molecule has 2 aromatic heterocycles. The van der Waals surface area contributed by atoms with Crippen LogP contribution in [0.2, 0.25) is 0 Å². The molecule has 3 heterocycles. The van der Waals surface area contributed by atoms with Gasteiger partial charge in [-0.1, -0.05) is 0 Å². The smallest absolute Gasteiger partial charge is 0.262 e. The van der Waals surface area contributed by atoms with Crippen LogP contribution in [0.1, 0.15) is 23.9 Å². The van der Waals surface area contributed by atoms with Crippen LogP contribution >= 0.6 is 0 Å². The molecule has 1 saturated heterocycles. The van der Waals surface area contributed by atoms with E-state index in [-0.39, 0.29) is 10.9 Å². The van der Waals surface area contributed by atoms with E-state index >= 15 is 0 Å². The molecule has 1 aliphatic rings. The predicted molar refractivity (Wildman–Crippen MR) is 76.1 cm³/mol. The molecule has 0 N–H and O–H groups in total. The largest absolute Gasteiger partial charge is 0.339 e. The molecule has 0 radical (unpaired) electrons. The van der Waals surface area contributed by atoms with Gasteiger partial charge in [-0.05, 0) is 19.4 Å². The Balaban J connectivity index is 1.81. The minimum Gasteiger partial charge on any atom is -0.339 e. The first-order valence-corrected chi connectivity index (χ1v) is 8.18. The highest BCUT2D eigenvalue weighted by Crippen LogP contribution is 2.28. The first-order chi connectivity index (χ1) is 9.96. The van der Waals surface area contributed by atoms with Gasteiger partial charge in [0.2, 0.25) is 0 Å². The quantitative estimate of drug-likeness (QED) is 0.833. The van der Waals surface area contributed by atoms with Gasteiger partial charge in [-0.25, -0.2) is 23.4 Å². The van der Waals surface area contributed by atoms with Crippen LogP contribution < -0.4 is 0 Å². The molecule has 1 unspecified atom stereocenters. The number of nitrogens with zero attached hydrogens (tertiary/aromatic N) is 5. The molecule has 0 aliphatic carbocycles. The number of rotatable bonds is 3. The van der Waals surface area contributed by atoms with Crippen molar-refractivity contribution in [3.8, 4) is 0 Å². The van der Waals surface area contributed by atoms with Gasteiger partial charge in [0.25, 0.3) is 10.0 Å². The van der Waals surface area contributed by atoms with Gasteiger partial charge >= 0.3 is 0 Å². The van der Waals surface area contributed by atoms with Crippen molar-refractivity contribution in [1.29, 1.82) is 0 Å². The van der Waals surface area contributed by atoms with Gasteiger partial charge < -0.3 is 4.57 Å². The summed E-state index contributed by atoms with van der Waals surface area (Å²) in [6.07, 6.45) is 5.46. The Hall–Kier alpha value is -1.80. The van der Waals surface area contributed by atoms with Crippen LogP contribution in [0, 0.1) is 6.92 Å². The molecule has 0 amide bonds. The van der Waals surface area contributed by atoms with E-state index < -0.39 is 10.0 Å². The van der Waals surface area contributed by atoms with Gasteiger partial charge in [0, 0.05) is 44.1 Å². The van der Waals surface area contributed by atoms with E-state index in [0.717, 1.165) is 12.1 Å². The van der Waals surface area contributed by atoms with Gasteiger partial charge in [-0.2, -0.15) is 4.31 Å². The summed E-state index contributed by atoms with van der Waals surface area (Å²) in [4.78, 5) is 12.6. The van der Waals surface area contributed by atoms with E-state index in [0.29, 0.717) is 18.9 Å². The lowest BCUT2D eigenvalue weighted by molar-refractivity contribution is 0.468. The average Bonchev–Trinajstić information content (AvgIpc) is 3.07. The fourth-order valence-electron chi connectivity index (χ4n) is 2.48. The van der Waals surface area contributed by atoms with Crippen molar-refractivity contribution < 1.29 is 8.42 Å². The van der Waals surface area contributed by atoms with Gasteiger partial charge in [-0.3, -0.25) is 0 Å². The number of hydrogen-bond acceptors (Lipinski definition) is 5. The zero-order chi connectivity index (χ0) is 15.0. The standard InChI is InChI=1S/C13H17N5O2S/c1-10-3-5-14-13(16-10)11-4-6-18(7-11)21(19,20)12-8-17(2)9-15-12/h3,5,8-9,11H,4,6-7H2,1-2H3. The third-order valence-electron chi connectivity index (χ3n) is 3.61. The highest BCUT2D eigenvalue weighted by atomic mass is 32.2. The van der Waals surface area contributed by atoms with E-state index in [2.05, 4.69) is 15.0 Å². The van der Waals surface area contributed by atoms with E-state index in [9.17, 15) is 8.42 Å². The molecule has 0 aromatic carbocycles. The molecule has 1 aliphatic heterocycles. The van der Waals surface area contributed by atoms with Crippen molar-refractivity contribution in [2.75, 3.05) is 13.1 Å². The summed E-state index contributed by atoms with van der Waals surface area (Å²) in [6.45, 7) is 2.78. The predicted octanol–water partition coefficient (Wildman–Crippen LogP) is 0.697. The van der Waals surface area contributed by atoms with E-state index in [4.69, 9.17) is 0 Å². The molecule has 21 heavy (non-hydrogen) atoms. The zero-order valence-electron chi connectivity index (χ0n) is 12.0. The maximum atomic E-state index is 12.5. The van der Waals surface area contributed by atoms with Crippen LogP contribution in [0.4, 0.5) is 0 Å². The van der Waals surface area contributed by atoms with Crippen LogP contribution in [0.5, 0.6) is 0 Å². The van der Waals surface area contributed by atoms with Crippen LogP contribution in [-0.4, -0.2) is 45.3 Å². The molecule has 7 nitrogen and oxygen atoms in total. The van der Waals surface area contributed by atoms with Crippen LogP contribution in [0.15, 0.2) is 29.8 Å². The second-order valence-electron chi connectivity index (χ2n) is 5.28. The van der Waals surface area contributed by atoms with Crippen molar-refractivity contribution in [1.82, 2.24) is 23.8 Å². The van der Waals surface area contributed by atoms with Crippen molar-refractivity contribution in [2.24, 2.45) is 7.05 Å². The monoisotopic (exact) mass is 307 g/mol. The summed E-state index contributed by atoms with van der Waals surface area (Å²) in [5, 5.41) is 0.0933. The van der Waals surface area contributed by atoms with Crippen LogP contribution in [-0.2, 0) is 17.1 Å². The highest BCUT2D eigenvalue weighted by molar-refractivity contribution is 7.89. The fraction of sp³-hybridized carbons (Fsp3) is 0.462. The van der Waals surface area contributed by atoms with Gasteiger partial charge in [-0.15, -0.1) is 0 Å². The van der Waals surface area contributed by atoms with Crippen LogP contribution in [0.25, 0.3) is 0 Å². The molecule has 112 valence electrons. The Morgan fingerprint density at radius 3 is 2.81 bits per heavy atom. The van der Waals surface area contributed by atoms with Gasteiger partial charge in [0.1, 0.15) is 5.82 Å². The zero-order valence-corrected chi connectivity index (χ0v) is 12.8. The lowest BCUT2D eigenvalue weighted by Crippen LogP contribution is -2.29. The molecule has 0 saturated carbocycles. The minimum atomic E-state index is -3.52. The minimum absolute atomic E-state index is 0.0448. The average molecular weight is 307 g/mol. The number of hydrogen-bond donors (Lipinski definition) is 0. The lowest BCUT2D eigenvalue weighted by atomic mass is 10.1. The van der Waals surface area contributed by atoms with E-state index in [1.807, 2.05) is 13.0 Å². The number of aromatic nitrogens is 4. The normalized spacial score (nSPS) is 20.0. The van der Waals surface area contributed by atoms with Crippen molar-refractivity contribution in [3.63, 3.8) is 0 Å². The third kappa shape index (κ3) is 2.68. The second kappa shape index (κ2) is 5.19. The second-order valence-corrected chi connectivity index (χ2v) is 7.17. The van der Waals surface area contributed by atoms with Crippen molar-refractivity contribution in [2.45, 2.75) is 24.3 Å². The number of aryl methyl sites for hydroxylation is 2. The summed E-state index contributed by atoms with van der Waals surface area (Å²) in [5.41, 5.74) is 0.894. The van der Waals surface area contributed by atoms with Crippen LogP contribution in [0.3, 0.4) is 0 Å². The summed E-state index contributed by atoms with van der Waals surface area (Å²) in [6, 6.07) is 1.83. The Bertz CT molecular complexity index is 755. The van der Waals surface area contributed by atoms with E-state index in [1.165, 1.54) is 16.8 Å². The number of imidazole rings is 1. The summed E-state index contributed by atoms with van der Waals surface area (Å²) in [5.74, 6) is 0.761. The van der Waals surface area contributed by atoms with Gasteiger partial charge in [0.05, 0.1) is 6.33 Å². The maximum absolute atomic E-state index is 12.5. The topological polar surface area (TPSA) is 81.0 Å². The molecular weight excluding hydrogens is 290 g/mol. The van der Waals surface area contributed by atoms with Crippen molar-refractivity contribution >= 4 is 10.0 Å². The summed E-state index contributed by atoms with van der Waals surface area (Å²) >= 11 is 0. The Morgan fingerprint density at radius 1 is 1.33 bits per heavy atom. The third-order valence-corrected chi connectivity index (χ3v) is 5.37. The first kappa shape index (κ1) is 14.2. The SMILES string of the molecule is Cc1ccnc(C2CCN(S(=O)(=O)c3cn(C)cn3)C2)n1. The highest BCUT2D eigenvalue weighted by Gasteiger charge is 2.35. The molecule has 0 bridgehead atoms. The Morgan fingerprint density at radius 2 is 2.14 bits per heavy atom. The van der Waals surface area contributed by atoms with Crippen molar-refractivity contribution in [3.05, 3.63) is 36.3 Å². The number of sulfonamides is 1. The van der Waals surface area contributed by atoms with Gasteiger partial charge in [0.15, 0.2) is 5.03 Å². The first-order valence-electron chi connectivity index (χ1n) is 6.74. The molecule has 8 heteroatoms. The Labute approximate surface area is 123 Å². The van der Waals surface area contributed by atoms with E-state index in [1.54, 1.807) is 17.8 Å². The molecule has 1 atom stereocenters. The maximum Gasteiger partial charge on any atom is 0.262 e. The Kier molecular flexibility index (Phi) is 3.50. The molecule has 3 rings (SSSR count). The summed E-state index contributed by atoms with van der Waals surface area (Å²) in [7, 11) is -1.77. The molecule has 1 fully saturated rings. The summed E-state index contributed by atoms with van der Waals surface area (Å²) < 4.78 is 28.1. The molecule has 0 spiro atoms. The fourth-order valence-corrected chi connectivity index (χ4v) is 3.94. The molecular formula is C13H17N5O2S.